The Kier molecular flexibility index (Phi) is 5.69. The number of aryl methyl sites for hydroxylation is 1. The molecular formula is C18H21Cl2N. The van der Waals surface area contributed by atoms with Crippen LogP contribution in [-0.2, 0) is 0 Å². The summed E-state index contributed by atoms with van der Waals surface area (Å²) in [6, 6.07) is 15.0. The zero-order chi connectivity index (χ0) is 15.4. The summed E-state index contributed by atoms with van der Waals surface area (Å²) in [7, 11) is 0. The van der Waals surface area contributed by atoms with E-state index in [2.05, 4.69) is 50.4 Å². The standard InChI is InChI=1S/C18H21Cl2N/c1-4-18(15-8-9-16(19)17(20)11-15)21-13(3)14-7-5-6-12(2)10-14/h5-11,13,18,21H,4H2,1-3H3/t13-,18?/m1/s1. The van der Waals surface area contributed by atoms with Crippen molar-refractivity contribution in [2.45, 2.75) is 39.3 Å². The normalized spacial score (nSPS) is 14.0. The summed E-state index contributed by atoms with van der Waals surface area (Å²) in [5, 5.41) is 4.88. The number of benzene rings is 2. The summed E-state index contributed by atoms with van der Waals surface area (Å²) in [6.07, 6.45) is 0.994. The first-order valence-electron chi connectivity index (χ1n) is 7.28. The quantitative estimate of drug-likeness (QED) is 0.701. The molecule has 0 fully saturated rings. The monoisotopic (exact) mass is 321 g/mol. The van der Waals surface area contributed by atoms with Crippen molar-refractivity contribution in [1.29, 1.82) is 0 Å². The SMILES string of the molecule is CCC(N[C@H](C)c1cccc(C)c1)c1ccc(Cl)c(Cl)c1. The smallest absolute Gasteiger partial charge is 0.0595 e. The van der Waals surface area contributed by atoms with E-state index in [0.29, 0.717) is 10.0 Å². The van der Waals surface area contributed by atoms with Gasteiger partial charge < -0.3 is 5.32 Å². The minimum atomic E-state index is 0.260. The van der Waals surface area contributed by atoms with Gasteiger partial charge in [-0.2, -0.15) is 0 Å². The summed E-state index contributed by atoms with van der Waals surface area (Å²) in [4.78, 5) is 0. The molecule has 112 valence electrons. The fraction of sp³-hybridized carbons (Fsp3) is 0.333. The first kappa shape index (κ1) is 16.4. The van der Waals surface area contributed by atoms with Crippen LogP contribution < -0.4 is 5.32 Å². The van der Waals surface area contributed by atoms with Gasteiger partial charge in [-0.3, -0.25) is 0 Å². The molecule has 3 heteroatoms. The molecule has 2 aromatic rings. The van der Waals surface area contributed by atoms with Crippen molar-refractivity contribution in [3.63, 3.8) is 0 Å². The van der Waals surface area contributed by atoms with Crippen LogP contribution in [0.2, 0.25) is 10.0 Å². The maximum Gasteiger partial charge on any atom is 0.0595 e. The molecule has 1 N–H and O–H groups in total. The molecule has 2 atom stereocenters. The van der Waals surface area contributed by atoms with Gasteiger partial charge in [0.1, 0.15) is 0 Å². The predicted molar refractivity (Wildman–Crippen MR) is 92.2 cm³/mol. The van der Waals surface area contributed by atoms with Gasteiger partial charge in [0, 0.05) is 12.1 Å². The summed E-state index contributed by atoms with van der Waals surface area (Å²) >= 11 is 12.1. The Morgan fingerprint density at radius 2 is 1.76 bits per heavy atom. The van der Waals surface area contributed by atoms with E-state index in [9.17, 15) is 0 Å². The maximum absolute atomic E-state index is 6.13. The molecule has 1 unspecified atom stereocenters. The largest absolute Gasteiger partial charge is 0.303 e. The fourth-order valence-electron chi connectivity index (χ4n) is 2.52. The van der Waals surface area contributed by atoms with E-state index < -0.39 is 0 Å². The summed E-state index contributed by atoms with van der Waals surface area (Å²) in [6.45, 7) is 6.48. The molecule has 0 aromatic heterocycles. The zero-order valence-corrected chi connectivity index (χ0v) is 14.2. The van der Waals surface area contributed by atoms with Crippen molar-refractivity contribution in [3.05, 3.63) is 69.2 Å². The molecule has 21 heavy (non-hydrogen) atoms. The van der Waals surface area contributed by atoms with Crippen molar-refractivity contribution in [2.75, 3.05) is 0 Å². The highest BCUT2D eigenvalue weighted by atomic mass is 35.5. The summed E-state index contributed by atoms with van der Waals surface area (Å²) < 4.78 is 0. The van der Waals surface area contributed by atoms with Crippen LogP contribution in [0.15, 0.2) is 42.5 Å². The van der Waals surface area contributed by atoms with Gasteiger partial charge >= 0.3 is 0 Å². The molecule has 1 nitrogen and oxygen atoms in total. The average molecular weight is 322 g/mol. The highest BCUT2D eigenvalue weighted by Gasteiger charge is 2.15. The second kappa shape index (κ2) is 7.31. The Morgan fingerprint density at radius 1 is 1.00 bits per heavy atom. The first-order chi connectivity index (χ1) is 10.0. The van der Waals surface area contributed by atoms with Crippen LogP contribution in [0.5, 0.6) is 0 Å². The molecule has 0 aliphatic rings. The molecule has 2 aromatic carbocycles. The third-order valence-electron chi connectivity index (χ3n) is 3.75. The third kappa shape index (κ3) is 4.23. The minimum absolute atomic E-state index is 0.260. The van der Waals surface area contributed by atoms with Crippen LogP contribution in [0.1, 0.15) is 49.0 Å². The van der Waals surface area contributed by atoms with E-state index in [-0.39, 0.29) is 12.1 Å². The molecular weight excluding hydrogens is 301 g/mol. The van der Waals surface area contributed by atoms with Gasteiger partial charge in [-0.1, -0.05) is 66.0 Å². The highest BCUT2D eigenvalue weighted by molar-refractivity contribution is 6.42. The van der Waals surface area contributed by atoms with Crippen LogP contribution in [-0.4, -0.2) is 0 Å². The zero-order valence-electron chi connectivity index (χ0n) is 12.7. The van der Waals surface area contributed by atoms with Crippen molar-refractivity contribution in [1.82, 2.24) is 5.32 Å². The van der Waals surface area contributed by atoms with Crippen molar-refractivity contribution in [3.8, 4) is 0 Å². The predicted octanol–water partition coefficient (Wildman–Crippen LogP) is 6.10. The number of rotatable bonds is 5. The van der Waals surface area contributed by atoms with Gasteiger partial charge in [0.25, 0.3) is 0 Å². The number of hydrogen-bond donors (Lipinski definition) is 1. The Bertz CT molecular complexity index is 610. The van der Waals surface area contributed by atoms with Crippen LogP contribution in [0, 0.1) is 6.92 Å². The topological polar surface area (TPSA) is 12.0 Å². The van der Waals surface area contributed by atoms with Crippen LogP contribution in [0.4, 0.5) is 0 Å². The lowest BCUT2D eigenvalue weighted by molar-refractivity contribution is 0.456. The second-order valence-electron chi connectivity index (χ2n) is 5.44. The van der Waals surface area contributed by atoms with Gasteiger partial charge in [-0.05, 0) is 43.5 Å². The van der Waals surface area contributed by atoms with Gasteiger partial charge in [0.2, 0.25) is 0 Å². The molecule has 0 spiro atoms. The Hall–Kier alpha value is -1.02. The Morgan fingerprint density at radius 3 is 2.38 bits per heavy atom. The van der Waals surface area contributed by atoms with Gasteiger partial charge in [0.05, 0.1) is 10.0 Å². The number of hydrogen-bond acceptors (Lipinski definition) is 1. The second-order valence-corrected chi connectivity index (χ2v) is 6.25. The van der Waals surface area contributed by atoms with Crippen molar-refractivity contribution >= 4 is 23.2 Å². The van der Waals surface area contributed by atoms with Crippen LogP contribution >= 0.6 is 23.2 Å². The Balaban J connectivity index is 2.16. The lowest BCUT2D eigenvalue weighted by Gasteiger charge is -2.23. The van der Waals surface area contributed by atoms with E-state index >= 15 is 0 Å². The van der Waals surface area contributed by atoms with E-state index in [4.69, 9.17) is 23.2 Å². The Labute approximate surface area is 137 Å². The number of halogens is 2. The molecule has 0 aliphatic carbocycles. The van der Waals surface area contributed by atoms with E-state index in [1.165, 1.54) is 16.7 Å². The van der Waals surface area contributed by atoms with Crippen molar-refractivity contribution < 1.29 is 0 Å². The van der Waals surface area contributed by atoms with E-state index in [0.717, 1.165) is 6.42 Å². The molecule has 0 radical (unpaired) electrons. The molecule has 0 saturated heterocycles. The lowest BCUT2D eigenvalue weighted by atomic mass is 10.0. The molecule has 0 heterocycles. The molecule has 0 bridgehead atoms. The lowest BCUT2D eigenvalue weighted by Crippen LogP contribution is -2.24. The highest BCUT2D eigenvalue weighted by Crippen LogP contribution is 2.28. The van der Waals surface area contributed by atoms with Crippen molar-refractivity contribution in [2.24, 2.45) is 0 Å². The fourth-order valence-corrected chi connectivity index (χ4v) is 2.82. The van der Waals surface area contributed by atoms with E-state index in [1.807, 2.05) is 18.2 Å². The van der Waals surface area contributed by atoms with Gasteiger partial charge in [-0.25, -0.2) is 0 Å². The molecule has 0 amide bonds. The van der Waals surface area contributed by atoms with Gasteiger partial charge in [0.15, 0.2) is 0 Å². The minimum Gasteiger partial charge on any atom is -0.303 e. The van der Waals surface area contributed by atoms with Crippen LogP contribution in [0.25, 0.3) is 0 Å². The summed E-state index contributed by atoms with van der Waals surface area (Å²) in [5.74, 6) is 0. The molecule has 0 saturated carbocycles. The maximum atomic E-state index is 6.13. The molecule has 0 aliphatic heterocycles. The van der Waals surface area contributed by atoms with Crippen LogP contribution in [0.3, 0.4) is 0 Å². The molecule has 2 rings (SSSR count). The van der Waals surface area contributed by atoms with E-state index in [1.54, 1.807) is 0 Å². The number of nitrogens with one attached hydrogen (secondary N) is 1. The average Bonchev–Trinajstić information content (AvgIpc) is 2.47. The summed E-state index contributed by atoms with van der Waals surface area (Å²) in [5.41, 5.74) is 3.75. The third-order valence-corrected chi connectivity index (χ3v) is 4.49. The van der Waals surface area contributed by atoms with Gasteiger partial charge in [-0.15, -0.1) is 0 Å². The first-order valence-corrected chi connectivity index (χ1v) is 8.04.